The van der Waals surface area contributed by atoms with E-state index in [0.29, 0.717) is 5.82 Å². The minimum atomic E-state index is -3.49. The lowest BCUT2D eigenvalue weighted by molar-refractivity contribution is 0.0941. The Bertz CT molecular complexity index is 1380. The molecule has 1 aromatic heterocycles. The molecule has 0 saturated heterocycles. The number of halogens is 1. The fourth-order valence-corrected chi connectivity index (χ4v) is 4.33. The van der Waals surface area contributed by atoms with Crippen LogP contribution in [0.4, 0.5) is 0 Å². The smallest absolute Gasteiger partial charge is 0.253 e. The van der Waals surface area contributed by atoms with Gasteiger partial charge in [-0.25, -0.2) is 13.4 Å². The number of aromatic nitrogens is 2. The summed E-state index contributed by atoms with van der Waals surface area (Å²) in [7, 11) is -1.59. The van der Waals surface area contributed by atoms with Gasteiger partial charge in [0, 0.05) is 13.3 Å². The van der Waals surface area contributed by atoms with E-state index in [1.165, 1.54) is 18.2 Å². The Balaban J connectivity index is 1.79. The van der Waals surface area contributed by atoms with E-state index in [1.807, 2.05) is 66.2 Å². The normalized spacial score (nSPS) is 12.6. The van der Waals surface area contributed by atoms with Crippen LogP contribution in [0.3, 0.4) is 0 Å². The molecule has 4 rings (SSSR count). The van der Waals surface area contributed by atoms with Crippen molar-refractivity contribution < 1.29 is 13.2 Å². The molecule has 1 N–H and O–H groups in total. The zero-order valence-corrected chi connectivity index (χ0v) is 18.5. The van der Waals surface area contributed by atoms with E-state index < -0.39 is 21.8 Å². The lowest BCUT2D eigenvalue weighted by Gasteiger charge is -2.20. The molecule has 0 aliphatic rings. The summed E-state index contributed by atoms with van der Waals surface area (Å²) in [6.45, 7) is 0. The standard InChI is InChI=1S/C23H20ClN3O3S/c1-27-20-11-7-6-10-19(20)25-22(27)21(15-8-4-3-5-9-15)26-23(28)17-14-16(31(2,29)30)12-13-18(17)24/h3-14,21H,1-2H3,(H,26,28). The summed E-state index contributed by atoms with van der Waals surface area (Å²) in [4.78, 5) is 18.0. The molecular formula is C23H20ClN3O3S. The van der Waals surface area contributed by atoms with Gasteiger partial charge in [0.1, 0.15) is 11.9 Å². The fourth-order valence-electron chi connectivity index (χ4n) is 3.48. The number of aryl methyl sites for hydroxylation is 1. The highest BCUT2D eigenvalue weighted by Crippen LogP contribution is 2.27. The molecule has 0 spiro atoms. The topological polar surface area (TPSA) is 81.1 Å². The third-order valence-corrected chi connectivity index (χ3v) is 6.54. The first kappa shape index (κ1) is 21.1. The largest absolute Gasteiger partial charge is 0.338 e. The highest BCUT2D eigenvalue weighted by Gasteiger charge is 2.25. The van der Waals surface area contributed by atoms with Crippen molar-refractivity contribution in [2.75, 3.05) is 6.26 Å². The molecule has 0 saturated carbocycles. The second kappa shape index (κ2) is 8.17. The van der Waals surface area contributed by atoms with Crippen LogP contribution in [-0.2, 0) is 16.9 Å². The first-order valence-electron chi connectivity index (χ1n) is 9.52. The molecule has 1 unspecified atom stereocenters. The third-order valence-electron chi connectivity index (χ3n) is 5.10. The summed E-state index contributed by atoms with van der Waals surface area (Å²) in [5.74, 6) is 0.160. The van der Waals surface area contributed by atoms with E-state index in [1.54, 1.807) is 0 Å². The summed E-state index contributed by atoms with van der Waals surface area (Å²) in [6.07, 6.45) is 1.09. The Morgan fingerprint density at radius 2 is 1.71 bits per heavy atom. The molecule has 3 aromatic carbocycles. The number of hydrogen-bond donors (Lipinski definition) is 1. The third kappa shape index (κ3) is 4.19. The first-order valence-corrected chi connectivity index (χ1v) is 11.8. The predicted octanol–water partition coefficient (Wildman–Crippen LogP) is 4.15. The van der Waals surface area contributed by atoms with Crippen molar-refractivity contribution >= 4 is 38.4 Å². The van der Waals surface area contributed by atoms with Crippen LogP contribution in [0.5, 0.6) is 0 Å². The molecule has 6 nitrogen and oxygen atoms in total. The maximum Gasteiger partial charge on any atom is 0.253 e. The lowest BCUT2D eigenvalue weighted by atomic mass is 10.1. The average molecular weight is 454 g/mol. The Morgan fingerprint density at radius 3 is 2.39 bits per heavy atom. The average Bonchev–Trinajstić information content (AvgIpc) is 3.08. The number of imidazole rings is 1. The van der Waals surface area contributed by atoms with Gasteiger partial charge in [0.15, 0.2) is 9.84 Å². The van der Waals surface area contributed by atoms with E-state index in [4.69, 9.17) is 16.6 Å². The Morgan fingerprint density at radius 1 is 1.03 bits per heavy atom. The molecule has 1 heterocycles. The van der Waals surface area contributed by atoms with Gasteiger partial charge >= 0.3 is 0 Å². The van der Waals surface area contributed by atoms with Crippen LogP contribution in [-0.4, -0.2) is 30.1 Å². The Labute approximate surface area is 185 Å². The number of fused-ring (bicyclic) bond motifs is 1. The molecule has 8 heteroatoms. The first-order chi connectivity index (χ1) is 14.8. The minimum Gasteiger partial charge on any atom is -0.338 e. The van der Waals surface area contributed by atoms with Gasteiger partial charge in [-0.3, -0.25) is 4.79 Å². The van der Waals surface area contributed by atoms with Crippen LogP contribution >= 0.6 is 11.6 Å². The highest BCUT2D eigenvalue weighted by atomic mass is 35.5. The maximum absolute atomic E-state index is 13.2. The number of benzene rings is 3. The SMILES string of the molecule is Cn1c(C(NC(=O)c2cc(S(C)(=O)=O)ccc2Cl)c2ccccc2)nc2ccccc21. The van der Waals surface area contributed by atoms with Crippen LogP contribution in [0, 0.1) is 0 Å². The van der Waals surface area contributed by atoms with Crippen molar-refractivity contribution in [3.05, 3.63) is 94.8 Å². The van der Waals surface area contributed by atoms with Gasteiger partial charge in [-0.1, -0.05) is 54.1 Å². The van der Waals surface area contributed by atoms with Gasteiger partial charge in [0.2, 0.25) is 0 Å². The Kier molecular flexibility index (Phi) is 5.56. The number of carbonyl (C=O) groups is 1. The molecule has 1 amide bonds. The molecule has 0 bridgehead atoms. The molecule has 1 atom stereocenters. The van der Waals surface area contributed by atoms with E-state index in [2.05, 4.69) is 5.32 Å². The number of rotatable bonds is 5. The van der Waals surface area contributed by atoms with Crippen molar-refractivity contribution in [1.82, 2.24) is 14.9 Å². The quantitative estimate of drug-likeness (QED) is 0.492. The summed E-state index contributed by atoms with van der Waals surface area (Å²) < 4.78 is 25.8. The molecule has 0 aliphatic heterocycles. The number of sulfone groups is 1. The highest BCUT2D eigenvalue weighted by molar-refractivity contribution is 7.90. The molecule has 158 valence electrons. The molecule has 0 radical (unpaired) electrons. The summed E-state index contributed by atoms with van der Waals surface area (Å²) >= 11 is 6.24. The van der Waals surface area contributed by atoms with Gasteiger partial charge in [-0.05, 0) is 35.9 Å². The summed E-state index contributed by atoms with van der Waals surface area (Å²) in [6, 6.07) is 20.7. The molecular weight excluding hydrogens is 434 g/mol. The molecule has 0 fully saturated rings. The predicted molar refractivity (Wildman–Crippen MR) is 121 cm³/mol. The van der Waals surface area contributed by atoms with Gasteiger partial charge in [0.25, 0.3) is 5.91 Å². The number of nitrogens with zero attached hydrogens (tertiary/aromatic N) is 2. The van der Waals surface area contributed by atoms with Crippen molar-refractivity contribution in [2.24, 2.45) is 7.05 Å². The fraction of sp³-hybridized carbons (Fsp3) is 0.130. The molecule has 31 heavy (non-hydrogen) atoms. The van der Waals surface area contributed by atoms with Crippen molar-refractivity contribution in [1.29, 1.82) is 0 Å². The lowest BCUT2D eigenvalue weighted by Crippen LogP contribution is -2.31. The van der Waals surface area contributed by atoms with E-state index >= 15 is 0 Å². The van der Waals surface area contributed by atoms with Crippen LogP contribution in [0.2, 0.25) is 5.02 Å². The van der Waals surface area contributed by atoms with Gasteiger partial charge < -0.3 is 9.88 Å². The second-order valence-corrected chi connectivity index (χ2v) is 9.67. The van der Waals surface area contributed by atoms with Crippen molar-refractivity contribution in [3.8, 4) is 0 Å². The van der Waals surface area contributed by atoms with Gasteiger partial charge in [-0.15, -0.1) is 0 Å². The zero-order valence-electron chi connectivity index (χ0n) is 16.9. The number of para-hydroxylation sites is 2. The van der Waals surface area contributed by atoms with Crippen molar-refractivity contribution in [3.63, 3.8) is 0 Å². The van der Waals surface area contributed by atoms with E-state index in [-0.39, 0.29) is 15.5 Å². The van der Waals surface area contributed by atoms with Crippen LogP contribution < -0.4 is 5.32 Å². The minimum absolute atomic E-state index is 0.0287. The second-order valence-electron chi connectivity index (χ2n) is 7.25. The monoisotopic (exact) mass is 453 g/mol. The van der Waals surface area contributed by atoms with Crippen LogP contribution in [0.25, 0.3) is 11.0 Å². The van der Waals surface area contributed by atoms with Gasteiger partial charge in [-0.2, -0.15) is 0 Å². The van der Waals surface area contributed by atoms with Gasteiger partial charge in [0.05, 0.1) is 26.5 Å². The zero-order chi connectivity index (χ0) is 22.2. The molecule has 4 aromatic rings. The number of hydrogen-bond acceptors (Lipinski definition) is 4. The number of amides is 1. The summed E-state index contributed by atoms with van der Waals surface area (Å²) in [5.41, 5.74) is 2.67. The molecule has 0 aliphatic carbocycles. The number of carbonyl (C=O) groups excluding carboxylic acids is 1. The van der Waals surface area contributed by atoms with Crippen LogP contribution in [0.1, 0.15) is 27.8 Å². The van der Waals surface area contributed by atoms with E-state index in [0.717, 1.165) is 22.9 Å². The summed E-state index contributed by atoms with van der Waals surface area (Å²) in [5, 5.41) is 3.15. The maximum atomic E-state index is 13.2. The van der Waals surface area contributed by atoms with Crippen molar-refractivity contribution in [2.45, 2.75) is 10.9 Å². The van der Waals surface area contributed by atoms with E-state index in [9.17, 15) is 13.2 Å². The Hall–Kier alpha value is -3.16. The van der Waals surface area contributed by atoms with Crippen LogP contribution in [0.15, 0.2) is 77.7 Å². The number of nitrogens with one attached hydrogen (secondary N) is 1.